The van der Waals surface area contributed by atoms with Gasteiger partial charge in [0.15, 0.2) is 0 Å². The van der Waals surface area contributed by atoms with Crippen LogP contribution < -0.4 is 11.3 Å². The first kappa shape index (κ1) is 12.4. The summed E-state index contributed by atoms with van der Waals surface area (Å²) < 4.78 is 5.17. The number of methoxy groups -OCH3 is 1. The van der Waals surface area contributed by atoms with Gasteiger partial charge in [-0.1, -0.05) is 18.2 Å². The average Bonchev–Trinajstić information content (AvgIpc) is 3.28. The van der Waals surface area contributed by atoms with Gasteiger partial charge >= 0.3 is 0 Å². The van der Waals surface area contributed by atoms with Crippen molar-refractivity contribution >= 4 is 16.6 Å². The van der Waals surface area contributed by atoms with Crippen LogP contribution in [0.2, 0.25) is 0 Å². The zero-order valence-corrected chi connectivity index (χ0v) is 11.1. The summed E-state index contributed by atoms with van der Waals surface area (Å²) in [5.41, 5.74) is 7.20. The number of hydrogen-bond acceptors (Lipinski definition) is 4. The number of benzene rings is 1. The van der Waals surface area contributed by atoms with Crippen LogP contribution in [0.25, 0.3) is 10.9 Å². The number of fused-ring (bicyclic) bond motifs is 1. The van der Waals surface area contributed by atoms with Crippen molar-refractivity contribution in [3.8, 4) is 0 Å². The van der Waals surface area contributed by atoms with Crippen molar-refractivity contribution in [1.82, 2.24) is 4.98 Å². The second-order valence-electron chi connectivity index (χ2n) is 5.07. The molecule has 0 bridgehead atoms. The zero-order chi connectivity index (χ0) is 13.2. The van der Waals surface area contributed by atoms with E-state index in [2.05, 4.69) is 23.6 Å². The van der Waals surface area contributed by atoms with Crippen molar-refractivity contribution in [2.75, 3.05) is 19.1 Å². The molecular weight excluding hydrogens is 238 g/mol. The lowest BCUT2D eigenvalue weighted by Crippen LogP contribution is -2.09. The number of nitrogens with zero attached hydrogens (tertiary/aromatic N) is 1. The molecule has 0 unspecified atom stereocenters. The second kappa shape index (κ2) is 5.15. The Labute approximate surface area is 112 Å². The number of hydrogen-bond donors (Lipinski definition) is 2. The predicted molar refractivity (Wildman–Crippen MR) is 77.1 cm³/mol. The van der Waals surface area contributed by atoms with Crippen molar-refractivity contribution in [3.05, 3.63) is 35.5 Å². The van der Waals surface area contributed by atoms with Crippen molar-refractivity contribution < 1.29 is 4.74 Å². The van der Waals surface area contributed by atoms with Crippen LogP contribution in [-0.4, -0.2) is 18.7 Å². The SMILES string of the molecule is COCCc1cccc2c(NN)cc(C3CC3)nc12. The van der Waals surface area contributed by atoms with Crippen LogP contribution in [-0.2, 0) is 11.2 Å². The largest absolute Gasteiger partial charge is 0.384 e. The van der Waals surface area contributed by atoms with E-state index < -0.39 is 0 Å². The van der Waals surface area contributed by atoms with E-state index in [0.29, 0.717) is 12.5 Å². The van der Waals surface area contributed by atoms with E-state index in [-0.39, 0.29) is 0 Å². The number of pyridine rings is 1. The van der Waals surface area contributed by atoms with E-state index in [1.807, 2.05) is 6.07 Å². The first-order chi connectivity index (χ1) is 9.33. The molecule has 2 aromatic rings. The van der Waals surface area contributed by atoms with Gasteiger partial charge in [0.05, 0.1) is 17.8 Å². The van der Waals surface area contributed by atoms with Crippen LogP contribution in [0.3, 0.4) is 0 Å². The fraction of sp³-hybridized carbons (Fsp3) is 0.400. The summed E-state index contributed by atoms with van der Waals surface area (Å²) in [6.45, 7) is 0.708. The molecule has 3 N–H and O–H groups in total. The van der Waals surface area contributed by atoms with Gasteiger partial charge in [-0.15, -0.1) is 0 Å². The Morgan fingerprint density at radius 2 is 2.26 bits per heavy atom. The molecule has 1 aromatic carbocycles. The molecule has 4 nitrogen and oxygen atoms in total. The van der Waals surface area contributed by atoms with E-state index in [9.17, 15) is 0 Å². The number of anilines is 1. The van der Waals surface area contributed by atoms with Crippen molar-refractivity contribution in [2.45, 2.75) is 25.2 Å². The lowest BCUT2D eigenvalue weighted by atomic mass is 10.0. The first-order valence-corrected chi connectivity index (χ1v) is 6.71. The highest BCUT2D eigenvalue weighted by Gasteiger charge is 2.26. The molecule has 3 rings (SSSR count). The lowest BCUT2D eigenvalue weighted by molar-refractivity contribution is 0.202. The minimum Gasteiger partial charge on any atom is -0.384 e. The molecule has 1 heterocycles. The summed E-state index contributed by atoms with van der Waals surface area (Å²) in [4.78, 5) is 4.85. The van der Waals surface area contributed by atoms with Crippen LogP contribution in [0.15, 0.2) is 24.3 Å². The van der Waals surface area contributed by atoms with Crippen molar-refractivity contribution in [2.24, 2.45) is 5.84 Å². The molecule has 1 fully saturated rings. The van der Waals surface area contributed by atoms with Gasteiger partial charge in [-0.05, 0) is 30.9 Å². The fourth-order valence-electron chi connectivity index (χ4n) is 2.45. The summed E-state index contributed by atoms with van der Waals surface area (Å²) in [5, 5.41) is 1.08. The van der Waals surface area contributed by atoms with E-state index in [1.165, 1.54) is 18.4 Å². The molecule has 4 heteroatoms. The Kier molecular flexibility index (Phi) is 3.36. The molecule has 1 aromatic heterocycles. The lowest BCUT2D eigenvalue weighted by Gasteiger charge is -2.11. The Morgan fingerprint density at radius 1 is 1.42 bits per heavy atom. The highest BCUT2D eigenvalue weighted by Crippen LogP contribution is 2.41. The molecule has 0 aliphatic heterocycles. The van der Waals surface area contributed by atoms with Crippen molar-refractivity contribution in [1.29, 1.82) is 0 Å². The third-order valence-electron chi connectivity index (χ3n) is 3.67. The molecule has 0 radical (unpaired) electrons. The maximum atomic E-state index is 5.65. The third kappa shape index (κ3) is 2.41. The molecule has 0 amide bonds. The van der Waals surface area contributed by atoms with E-state index in [4.69, 9.17) is 15.6 Å². The third-order valence-corrected chi connectivity index (χ3v) is 3.67. The summed E-state index contributed by atoms with van der Waals surface area (Å²) in [6.07, 6.45) is 3.35. The topological polar surface area (TPSA) is 60.2 Å². The number of para-hydroxylation sites is 1. The molecule has 100 valence electrons. The number of nitrogen functional groups attached to an aromatic ring is 1. The van der Waals surface area contributed by atoms with Gasteiger partial charge in [-0.25, -0.2) is 0 Å². The van der Waals surface area contributed by atoms with Crippen LogP contribution in [0.5, 0.6) is 0 Å². The normalized spacial score (nSPS) is 14.8. The Morgan fingerprint density at radius 3 is 2.95 bits per heavy atom. The standard InChI is InChI=1S/C15H19N3O/c1-19-8-7-11-3-2-4-12-14(18-16)9-13(10-5-6-10)17-15(11)12/h2-4,9-10H,5-8,16H2,1H3,(H,17,18). The maximum absolute atomic E-state index is 5.65. The molecule has 1 aliphatic rings. The number of rotatable bonds is 5. The first-order valence-electron chi connectivity index (χ1n) is 6.71. The van der Waals surface area contributed by atoms with Crippen LogP contribution in [0.4, 0.5) is 5.69 Å². The van der Waals surface area contributed by atoms with Gasteiger partial charge in [0, 0.05) is 24.1 Å². The van der Waals surface area contributed by atoms with Gasteiger partial charge in [0.2, 0.25) is 0 Å². The quantitative estimate of drug-likeness (QED) is 0.638. The van der Waals surface area contributed by atoms with Crippen LogP contribution >= 0.6 is 0 Å². The monoisotopic (exact) mass is 257 g/mol. The summed E-state index contributed by atoms with van der Waals surface area (Å²) in [7, 11) is 1.72. The molecule has 19 heavy (non-hydrogen) atoms. The van der Waals surface area contributed by atoms with E-state index in [0.717, 1.165) is 28.7 Å². The molecule has 0 atom stereocenters. The van der Waals surface area contributed by atoms with Gasteiger partial charge in [-0.3, -0.25) is 10.8 Å². The van der Waals surface area contributed by atoms with E-state index >= 15 is 0 Å². The maximum Gasteiger partial charge on any atom is 0.0759 e. The number of aromatic nitrogens is 1. The number of nitrogens with two attached hydrogens (primary N) is 1. The van der Waals surface area contributed by atoms with Gasteiger partial charge < -0.3 is 10.2 Å². The minimum absolute atomic E-state index is 0.618. The van der Waals surface area contributed by atoms with Gasteiger partial charge in [-0.2, -0.15) is 0 Å². The Balaban J connectivity index is 2.13. The van der Waals surface area contributed by atoms with Gasteiger partial charge in [0.25, 0.3) is 0 Å². The molecule has 0 saturated heterocycles. The van der Waals surface area contributed by atoms with Gasteiger partial charge in [0.1, 0.15) is 0 Å². The van der Waals surface area contributed by atoms with Crippen molar-refractivity contribution in [3.63, 3.8) is 0 Å². The second-order valence-corrected chi connectivity index (χ2v) is 5.07. The number of nitrogens with one attached hydrogen (secondary N) is 1. The fourth-order valence-corrected chi connectivity index (χ4v) is 2.45. The summed E-state index contributed by atoms with van der Waals surface area (Å²) >= 11 is 0. The average molecular weight is 257 g/mol. The number of ether oxygens (including phenoxy) is 1. The molecule has 1 saturated carbocycles. The molecular formula is C15H19N3O. The highest BCUT2D eigenvalue weighted by atomic mass is 16.5. The van der Waals surface area contributed by atoms with Crippen LogP contribution in [0, 0.1) is 0 Å². The van der Waals surface area contributed by atoms with E-state index in [1.54, 1.807) is 7.11 Å². The predicted octanol–water partition coefficient (Wildman–Crippen LogP) is 2.59. The minimum atomic E-state index is 0.618. The summed E-state index contributed by atoms with van der Waals surface area (Å²) in [5.74, 6) is 6.27. The summed E-state index contributed by atoms with van der Waals surface area (Å²) in [6, 6.07) is 8.31. The molecule has 1 aliphatic carbocycles. The smallest absolute Gasteiger partial charge is 0.0759 e. The Bertz CT molecular complexity index is 593. The molecule has 0 spiro atoms. The zero-order valence-electron chi connectivity index (χ0n) is 11.1. The highest BCUT2D eigenvalue weighted by molar-refractivity contribution is 5.93. The van der Waals surface area contributed by atoms with Crippen LogP contribution in [0.1, 0.15) is 30.0 Å². The Hall–Kier alpha value is -1.65. The number of hydrazine groups is 1.